The van der Waals surface area contributed by atoms with Crippen LogP contribution in [0.2, 0.25) is 0 Å². The Morgan fingerprint density at radius 3 is 2.71 bits per heavy atom. The van der Waals surface area contributed by atoms with Gasteiger partial charge in [0.15, 0.2) is 0 Å². The number of amidine groups is 1. The van der Waals surface area contributed by atoms with Crippen LogP contribution in [0.25, 0.3) is 0 Å². The lowest BCUT2D eigenvalue weighted by Crippen LogP contribution is -2.63. The Morgan fingerprint density at radius 2 is 2.00 bits per heavy atom. The normalized spacial score (nSPS) is 50.6. The Kier molecular flexibility index (Phi) is 4.41. The van der Waals surface area contributed by atoms with Crippen LogP contribution in [0.1, 0.15) is 25.7 Å². The second-order valence-electron chi connectivity index (χ2n) is 6.43. The number of aliphatic imine (C=N–C) groups is 1. The number of alkyl halides is 2. The van der Waals surface area contributed by atoms with Crippen LogP contribution in [0.15, 0.2) is 4.99 Å². The van der Waals surface area contributed by atoms with Gasteiger partial charge in [-0.15, -0.1) is 23.2 Å². The summed E-state index contributed by atoms with van der Waals surface area (Å²) in [5, 5.41) is 14.7. The highest BCUT2D eigenvalue weighted by Gasteiger charge is 2.58. The molecule has 4 N–H and O–H groups in total. The molecule has 0 bridgehead atoms. The van der Waals surface area contributed by atoms with Gasteiger partial charge in [0.1, 0.15) is 17.7 Å². The summed E-state index contributed by atoms with van der Waals surface area (Å²) >= 11 is 12.6. The van der Waals surface area contributed by atoms with E-state index in [4.69, 9.17) is 33.7 Å². The molecule has 3 rings (SSSR count). The van der Waals surface area contributed by atoms with Crippen LogP contribution in [0, 0.1) is 11.8 Å². The minimum absolute atomic E-state index is 0.0415. The van der Waals surface area contributed by atoms with E-state index < -0.39 is 5.60 Å². The standard InChI is InChI=1S/C14H23Cl2N3O2/c1-21-12-10(5-8(16)6-18-12)14(20)9-4-7(15)2-3-11(9)19-13(14)17/h7-12,18,20H,2-6H2,1H3,(H2,17,19). The average molecular weight is 336 g/mol. The first kappa shape index (κ1) is 15.8. The van der Waals surface area contributed by atoms with Gasteiger partial charge in [0.05, 0.1) is 6.04 Å². The smallest absolute Gasteiger partial charge is 0.133 e. The molecule has 0 amide bonds. The monoisotopic (exact) mass is 335 g/mol. The van der Waals surface area contributed by atoms with Crippen LogP contribution >= 0.6 is 23.2 Å². The van der Waals surface area contributed by atoms with Crippen molar-refractivity contribution in [2.45, 2.75) is 54.3 Å². The van der Waals surface area contributed by atoms with Crippen molar-refractivity contribution >= 4 is 29.0 Å². The molecule has 5 nitrogen and oxygen atoms in total. The number of ether oxygens (including phenoxy) is 1. The first-order chi connectivity index (χ1) is 9.96. The molecule has 7 atom stereocenters. The lowest BCUT2D eigenvalue weighted by atomic mass is 9.67. The number of nitrogens with zero attached hydrogens (tertiary/aromatic N) is 1. The summed E-state index contributed by atoms with van der Waals surface area (Å²) in [6.07, 6.45) is 2.91. The van der Waals surface area contributed by atoms with E-state index in [2.05, 4.69) is 10.3 Å². The number of aliphatic hydroxyl groups is 1. The summed E-state index contributed by atoms with van der Waals surface area (Å²) in [7, 11) is 1.63. The third-order valence-electron chi connectivity index (χ3n) is 5.27. The summed E-state index contributed by atoms with van der Waals surface area (Å²) in [5.41, 5.74) is 4.96. The van der Waals surface area contributed by atoms with Crippen molar-refractivity contribution in [3.05, 3.63) is 0 Å². The van der Waals surface area contributed by atoms with E-state index in [0.717, 1.165) is 19.3 Å². The van der Waals surface area contributed by atoms with Crippen LogP contribution < -0.4 is 11.1 Å². The maximum absolute atomic E-state index is 11.4. The largest absolute Gasteiger partial charge is 0.385 e. The molecule has 2 fully saturated rings. The van der Waals surface area contributed by atoms with Gasteiger partial charge in [-0.25, -0.2) is 0 Å². The summed E-state index contributed by atoms with van der Waals surface area (Å²) in [5.74, 6) is 0.0718. The number of methoxy groups -OCH3 is 1. The minimum Gasteiger partial charge on any atom is -0.385 e. The number of rotatable bonds is 2. The van der Waals surface area contributed by atoms with Gasteiger partial charge in [0, 0.05) is 36.2 Å². The Labute approximate surface area is 135 Å². The Hall–Kier alpha value is -0.0700. The molecule has 0 aromatic carbocycles. The molecule has 0 spiro atoms. The molecule has 21 heavy (non-hydrogen) atoms. The summed E-state index contributed by atoms with van der Waals surface area (Å²) in [6, 6.07) is 0.0678. The van der Waals surface area contributed by atoms with E-state index in [1.54, 1.807) is 7.11 Å². The molecule has 7 unspecified atom stereocenters. The van der Waals surface area contributed by atoms with E-state index in [0.29, 0.717) is 18.8 Å². The van der Waals surface area contributed by atoms with Gasteiger partial charge >= 0.3 is 0 Å². The van der Waals surface area contributed by atoms with Gasteiger partial charge < -0.3 is 15.6 Å². The van der Waals surface area contributed by atoms with E-state index in [-0.39, 0.29) is 34.9 Å². The summed E-state index contributed by atoms with van der Waals surface area (Å²) < 4.78 is 5.51. The van der Waals surface area contributed by atoms with E-state index in [1.165, 1.54) is 0 Å². The van der Waals surface area contributed by atoms with Crippen molar-refractivity contribution in [3.8, 4) is 0 Å². The molecule has 120 valence electrons. The van der Waals surface area contributed by atoms with Crippen molar-refractivity contribution < 1.29 is 9.84 Å². The average Bonchev–Trinajstić information content (AvgIpc) is 2.72. The van der Waals surface area contributed by atoms with Crippen LogP contribution in [0.5, 0.6) is 0 Å². The van der Waals surface area contributed by atoms with E-state index in [9.17, 15) is 5.11 Å². The maximum Gasteiger partial charge on any atom is 0.133 e. The summed E-state index contributed by atoms with van der Waals surface area (Å²) in [4.78, 5) is 4.53. The number of piperidine rings is 1. The van der Waals surface area contributed by atoms with E-state index >= 15 is 0 Å². The first-order valence-corrected chi connectivity index (χ1v) is 8.44. The number of fused-ring (bicyclic) bond motifs is 1. The molecular weight excluding hydrogens is 313 g/mol. The molecule has 2 heterocycles. The van der Waals surface area contributed by atoms with Gasteiger partial charge in [0.25, 0.3) is 0 Å². The molecule has 3 aliphatic rings. The maximum atomic E-state index is 11.4. The molecule has 1 aliphatic carbocycles. The minimum atomic E-state index is -1.18. The number of halogens is 2. The van der Waals surface area contributed by atoms with Crippen LogP contribution in [-0.4, -0.2) is 53.2 Å². The zero-order valence-corrected chi connectivity index (χ0v) is 13.6. The van der Waals surface area contributed by atoms with Gasteiger partial charge in [-0.3, -0.25) is 10.3 Å². The lowest BCUT2D eigenvalue weighted by molar-refractivity contribution is -0.101. The Bertz CT molecular complexity index is 436. The summed E-state index contributed by atoms with van der Waals surface area (Å²) in [6.45, 7) is 0.663. The fourth-order valence-electron chi connectivity index (χ4n) is 4.19. The first-order valence-electron chi connectivity index (χ1n) is 7.57. The molecule has 1 saturated carbocycles. The number of nitrogens with two attached hydrogens (primary N) is 1. The van der Waals surface area contributed by atoms with Crippen molar-refractivity contribution in [1.82, 2.24) is 5.32 Å². The quantitative estimate of drug-likeness (QED) is 0.659. The number of hydrogen-bond donors (Lipinski definition) is 3. The van der Waals surface area contributed by atoms with Gasteiger partial charge in [0.2, 0.25) is 0 Å². The highest BCUT2D eigenvalue weighted by Crippen LogP contribution is 2.47. The van der Waals surface area contributed by atoms with Crippen molar-refractivity contribution in [3.63, 3.8) is 0 Å². The molecule has 0 aromatic heterocycles. The predicted molar refractivity (Wildman–Crippen MR) is 83.9 cm³/mol. The van der Waals surface area contributed by atoms with Crippen LogP contribution in [0.4, 0.5) is 0 Å². The fourth-order valence-corrected chi connectivity index (χ4v) is 4.79. The second-order valence-corrected chi connectivity index (χ2v) is 7.66. The van der Waals surface area contributed by atoms with Gasteiger partial charge in [-0.2, -0.15) is 0 Å². The second kappa shape index (κ2) is 5.85. The third kappa shape index (κ3) is 2.57. The molecule has 0 aromatic rings. The van der Waals surface area contributed by atoms with E-state index in [1.807, 2.05) is 0 Å². The zero-order chi connectivity index (χ0) is 15.2. The highest BCUT2D eigenvalue weighted by atomic mass is 35.5. The topological polar surface area (TPSA) is 79.9 Å². The van der Waals surface area contributed by atoms with Gasteiger partial charge in [-0.1, -0.05) is 0 Å². The van der Waals surface area contributed by atoms with Crippen molar-refractivity contribution in [2.75, 3.05) is 13.7 Å². The Balaban J connectivity index is 1.91. The number of nitrogens with one attached hydrogen (secondary N) is 1. The Morgan fingerprint density at radius 1 is 1.29 bits per heavy atom. The molecule has 1 saturated heterocycles. The highest BCUT2D eigenvalue weighted by molar-refractivity contribution is 6.21. The molecule has 2 aliphatic heterocycles. The fraction of sp³-hybridized carbons (Fsp3) is 0.929. The molecule has 7 heteroatoms. The van der Waals surface area contributed by atoms with Crippen molar-refractivity contribution in [2.24, 2.45) is 22.6 Å². The van der Waals surface area contributed by atoms with Gasteiger partial charge in [-0.05, 0) is 25.7 Å². The van der Waals surface area contributed by atoms with Crippen molar-refractivity contribution in [1.29, 1.82) is 0 Å². The van der Waals surface area contributed by atoms with Crippen LogP contribution in [-0.2, 0) is 4.74 Å². The third-order valence-corrected chi connectivity index (χ3v) is 5.99. The SMILES string of the molecule is COC1NCC(Cl)CC1C1(O)C(N)=NC2CCC(Cl)CC21. The van der Waals surface area contributed by atoms with Crippen LogP contribution in [0.3, 0.4) is 0 Å². The zero-order valence-electron chi connectivity index (χ0n) is 12.1. The molecule has 0 radical (unpaired) electrons. The number of hydrogen-bond acceptors (Lipinski definition) is 5. The predicted octanol–water partition coefficient (Wildman–Crippen LogP) is 1.05. The molecular formula is C14H23Cl2N3O2. The lowest BCUT2D eigenvalue weighted by Gasteiger charge is -2.46.